The quantitative estimate of drug-likeness (QED) is 0.796. The Morgan fingerprint density at radius 1 is 1.11 bits per heavy atom. The first-order valence-corrected chi connectivity index (χ1v) is 10.1. The van der Waals surface area contributed by atoms with Crippen molar-refractivity contribution in [2.75, 3.05) is 19.6 Å². The molecule has 2 aromatic rings. The highest BCUT2D eigenvalue weighted by molar-refractivity contribution is 5.96. The van der Waals surface area contributed by atoms with Gasteiger partial charge in [-0.25, -0.2) is 0 Å². The molecular formula is C23H26N2O3. The molecule has 1 aliphatic heterocycles. The lowest BCUT2D eigenvalue weighted by Crippen LogP contribution is -2.29. The Morgan fingerprint density at radius 3 is 2.57 bits per heavy atom. The van der Waals surface area contributed by atoms with Crippen LogP contribution in [-0.4, -0.2) is 36.3 Å². The Morgan fingerprint density at radius 2 is 1.86 bits per heavy atom. The minimum atomic E-state index is -0.214. The second-order valence-corrected chi connectivity index (χ2v) is 7.67. The Kier molecular flexibility index (Phi) is 5.33. The summed E-state index contributed by atoms with van der Waals surface area (Å²) in [5.41, 5.74) is 1.47. The van der Waals surface area contributed by atoms with Crippen molar-refractivity contribution in [3.05, 3.63) is 59.9 Å². The summed E-state index contributed by atoms with van der Waals surface area (Å²) in [6.45, 7) is 4.29. The van der Waals surface area contributed by atoms with Gasteiger partial charge in [0, 0.05) is 30.8 Å². The van der Waals surface area contributed by atoms with Crippen molar-refractivity contribution in [3.63, 3.8) is 0 Å². The lowest BCUT2D eigenvalue weighted by atomic mass is 9.86. The first-order valence-electron chi connectivity index (χ1n) is 10.1. The number of carbonyl (C=O) groups excluding carboxylic acids is 2. The van der Waals surface area contributed by atoms with E-state index in [0.29, 0.717) is 29.7 Å². The van der Waals surface area contributed by atoms with E-state index >= 15 is 0 Å². The summed E-state index contributed by atoms with van der Waals surface area (Å²) in [6, 6.07) is 10.9. The molecule has 1 aromatic carbocycles. The molecule has 0 bridgehead atoms. The number of nitrogens with zero attached hydrogens (tertiary/aromatic N) is 1. The Bertz CT molecular complexity index is 883. The molecule has 0 radical (unpaired) electrons. The zero-order valence-corrected chi connectivity index (χ0v) is 16.2. The third-order valence-corrected chi connectivity index (χ3v) is 5.67. The van der Waals surface area contributed by atoms with Gasteiger partial charge in [0.25, 0.3) is 11.8 Å². The molecule has 28 heavy (non-hydrogen) atoms. The number of fused-ring (bicyclic) bond motifs is 1. The van der Waals surface area contributed by atoms with Gasteiger partial charge >= 0.3 is 0 Å². The summed E-state index contributed by atoms with van der Waals surface area (Å²) in [5, 5.41) is 2.81. The smallest absolute Gasteiger partial charge is 0.287 e. The summed E-state index contributed by atoms with van der Waals surface area (Å²) in [5.74, 6) is 1.92. The second-order valence-electron chi connectivity index (χ2n) is 7.67. The van der Waals surface area contributed by atoms with Gasteiger partial charge in [-0.05, 0) is 55.4 Å². The molecule has 2 atom stereocenters. The van der Waals surface area contributed by atoms with Gasteiger partial charge in [0.15, 0.2) is 5.76 Å². The maximum atomic E-state index is 13.0. The maximum absolute atomic E-state index is 13.0. The summed E-state index contributed by atoms with van der Waals surface area (Å²) in [4.78, 5) is 27.0. The molecule has 1 N–H and O–H groups in total. The molecule has 1 fully saturated rings. The van der Waals surface area contributed by atoms with Crippen LogP contribution in [0.25, 0.3) is 11.3 Å². The monoisotopic (exact) mass is 378 g/mol. The average Bonchev–Trinajstić information content (AvgIpc) is 3.39. The molecule has 2 amide bonds. The number of hydrogen-bond acceptors (Lipinski definition) is 3. The van der Waals surface area contributed by atoms with Crippen molar-refractivity contribution < 1.29 is 14.0 Å². The largest absolute Gasteiger partial charge is 0.451 e. The number of allylic oxidation sites excluding steroid dienone is 2. The van der Waals surface area contributed by atoms with E-state index in [1.54, 1.807) is 12.1 Å². The highest BCUT2D eigenvalue weighted by Crippen LogP contribution is 2.33. The van der Waals surface area contributed by atoms with Crippen LogP contribution in [-0.2, 0) is 0 Å². The third-order valence-electron chi connectivity index (χ3n) is 5.67. The standard InChI is InChI=1S/C23H26N2O3/c1-2-12-24-22(26)21-11-10-20(28-21)16-8-5-9-17(13-16)23(27)25-14-18-6-3-4-7-19(18)15-25/h3-5,8-11,13,18-19H,2,6-7,12,14-15H2,1H3,(H,24,26)/t18-,19+. The number of benzene rings is 1. The van der Waals surface area contributed by atoms with E-state index in [9.17, 15) is 9.59 Å². The molecule has 2 heterocycles. The summed E-state index contributed by atoms with van der Waals surface area (Å²) in [6.07, 6.45) is 7.49. The Hall–Kier alpha value is -2.82. The molecule has 5 heteroatoms. The fraction of sp³-hybridized carbons (Fsp3) is 0.391. The lowest BCUT2D eigenvalue weighted by Gasteiger charge is -2.17. The highest BCUT2D eigenvalue weighted by atomic mass is 16.3. The number of furan rings is 1. The molecule has 0 unspecified atom stereocenters. The highest BCUT2D eigenvalue weighted by Gasteiger charge is 2.35. The van der Waals surface area contributed by atoms with E-state index in [0.717, 1.165) is 37.9 Å². The lowest BCUT2D eigenvalue weighted by molar-refractivity contribution is 0.0784. The predicted octanol–water partition coefficient (Wildman–Crippen LogP) is 4.12. The molecule has 0 saturated carbocycles. The summed E-state index contributed by atoms with van der Waals surface area (Å²) < 4.78 is 5.72. The molecule has 146 valence electrons. The van der Waals surface area contributed by atoms with E-state index in [1.165, 1.54) is 0 Å². The van der Waals surface area contributed by atoms with Crippen molar-refractivity contribution in [1.29, 1.82) is 0 Å². The molecule has 5 nitrogen and oxygen atoms in total. The molecule has 4 rings (SSSR count). The number of likely N-dealkylation sites (tertiary alicyclic amines) is 1. The minimum Gasteiger partial charge on any atom is -0.451 e. The first-order chi connectivity index (χ1) is 13.7. The molecule has 1 aliphatic carbocycles. The number of amides is 2. The van der Waals surface area contributed by atoms with Crippen LogP contribution in [0.2, 0.25) is 0 Å². The van der Waals surface area contributed by atoms with Gasteiger partial charge in [0.2, 0.25) is 0 Å². The van der Waals surface area contributed by atoms with Crippen LogP contribution < -0.4 is 5.32 Å². The Balaban J connectivity index is 1.48. The molecule has 0 spiro atoms. The molecular weight excluding hydrogens is 352 g/mol. The second kappa shape index (κ2) is 8.05. The van der Waals surface area contributed by atoms with E-state index in [-0.39, 0.29) is 17.6 Å². The number of rotatable bonds is 5. The van der Waals surface area contributed by atoms with Gasteiger partial charge in [0.05, 0.1) is 0 Å². The fourth-order valence-electron chi connectivity index (χ4n) is 4.11. The van der Waals surface area contributed by atoms with Gasteiger partial charge < -0.3 is 14.6 Å². The van der Waals surface area contributed by atoms with Gasteiger partial charge in [-0.3, -0.25) is 9.59 Å². The van der Waals surface area contributed by atoms with Crippen LogP contribution in [0.1, 0.15) is 47.1 Å². The SMILES string of the molecule is CCCNC(=O)c1ccc(-c2cccc(C(=O)N3C[C@H]4CC=CC[C@H]4C3)c2)o1. The van der Waals surface area contributed by atoms with Crippen LogP contribution in [0.15, 0.2) is 53.0 Å². The van der Waals surface area contributed by atoms with Crippen LogP contribution >= 0.6 is 0 Å². The number of carbonyl (C=O) groups is 2. The predicted molar refractivity (Wildman–Crippen MR) is 108 cm³/mol. The van der Waals surface area contributed by atoms with Crippen molar-refractivity contribution in [2.45, 2.75) is 26.2 Å². The molecule has 1 aromatic heterocycles. The van der Waals surface area contributed by atoms with Gasteiger partial charge in [0.1, 0.15) is 5.76 Å². The topological polar surface area (TPSA) is 62.6 Å². The minimum absolute atomic E-state index is 0.0729. The van der Waals surface area contributed by atoms with Crippen LogP contribution in [0.5, 0.6) is 0 Å². The number of nitrogens with one attached hydrogen (secondary N) is 1. The van der Waals surface area contributed by atoms with Gasteiger partial charge in [-0.1, -0.05) is 31.2 Å². The van der Waals surface area contributed by atoms with Gasteiger partial charge in [-0.2, -0.15) is 0 Å². The van der Waals surface area contributed by atoms with Gasteiger partial charge in [-0.15, -0.1) is 0 Å². The summed E-state index contributed by atoms with van der Waals surface area (Å²) >= 11 is 0. The Labute approximate surface area is 165 Å². The number of hydrogen-bond donors (Lipinski definition) is 1. The first kappa shape index (κ1) is 18.5. The van der Waals surface area contributed by atoms with Crippen LogP contribution in [0.4, 0.5) is 0 Å². The van der Waals surface area contributed by atoms with Crippen molar-refractivity contribution >= 4 is 11.8 Å². The van der Waals surface area contributed by atoms with Crippen molar-refractivity contribution in [2.24, 2.45) is 11.8 Å². The molecule has 2 aliphatic rings. The third kappa shape index (κ3) is 3.75. The van der Waals surface area contributed by atoms with Crippen LogP contribution in [0, 0.1) is 11.8 Å². The zero-order chi connectivity index (χ0) is 19.5. The van der Waals surface area contributed by atoms with Crippen molar-refractivity contribution in [1.82, 2.24) is 10.2 Å². The van der Waals surface area contributed by atoms with Crippen molar-refractivity contribution in [3.8, 4) is 11.3 Å². The van der Waals surface area contributed by atoms with E-state index < -0.39 is 0 Å². The van der Waals surface area contributed by atoms with E-state index in [1.807, 2.05) is 36.1 Å². The van der Waals surface area contributed by atoms with E-state index in [4.69, 9.17) is 4.42 Å². The summed E-state index contributed by atoms with van der Waals surface area (Å²) in [7, 11) is 0. The van der Waals surface area contributed by atoms with Crippen LogP contribution in [0.3, 0.4) is 0 Å². The fourth-order valence-corrected chi connectivity index (χ4v) is 4.11. The van der Waals surface area contributed by atoms with E-state index in [2.05, 4.69) is 17.5 Å². The normalized spacial score (nSPS) is 20.8. The maximum Gasteiger partial charge on any atom is 0.287 e. The average molecular weight is 378 g/mol. The molecule has 1 saturated heterocycles. The zero-order valence-electron chi connectivity index (χ0n) is 16.2.